The maximum absolute atomic E-state index is 12.5. The van der Waals surface area contributed by atoms with E-state index in [1.165, 1.54) is 12.1 Å². The van der Waals surface area contributed by atoms with E-state index in [-0.39, 0.29) is 16.5 Å². The number of aromatic hydroxyl groups is 1. The largest absolute Gasteiger partial charge is 0.494 e. The highest BCUT2D eigenvalue weighted by Gasteiger charge is 2.18. The van der Waals surface area contributed by atoms with Crippen LogP contribution in [0.4, 0.5) is 5.69 Å². The van der Waals surface area contributed by atoms with Crippen LogP contribution in [0.1, 0.15) is 19.4 Å². The van der Waals surface area contributed by atoms with E-state index in [0.717, 1.165) is 11.1 Å². The number of rotatable bonds is 6. The Morgan fingerprint density at radius 1 is 1.11 bits per heavy atom. The van der Waals surface area contributed by atoms with Gasteiger partial charge in [0.15, 0.2) is 5.69 Å². The molecule has 0 saturated carbocycles. The van der Waals surface area contributed by atoms with Crippen LogP contribution in [0.25, 0.3) is 10.9 Å². The van der Waals surface area contributed by atoms with E-state index in [9.17, 15) is 13.5 Å². The third-order valence-electron chi connectivity index (χ3n) is 4.16. The summed E-state index contributed by atoms with van der Waals surface area (Å²) >= 11 is 0. The third-order valence-corrected chi connectivity index (χ3v) is 5.33. The lowest BCUT2D eigenvalue weighted by Crippen LogP contribution is -1.96. The van der Waals surface area contributed by atoms with Crippen LogP contribution in [0.2, 0.25) is 0 Å². The Bertz CT molecular complexity index is 1100. The Morgan fingerprint density at radius 2 is 1.81 bits per heavy atom. The molecule has 0 unspecified atom stereocenters. The number of aromatic nitrogens is 1. The zero-order valence-electron chi connectivity index (χ0n) is 15.4. The summed E-state index contributed by atoms with van der Waals surface area (Å²) in [6.45, 7) is 6.66. The summed E-state index contributed by atoms with van der Waals surface area (Å²) in [5.74, 6) is 0.469. The predicted octanol–water partition coefficient (Wildman–Crippen LogP) is 4.55. The zero-order valence-corrected chi connectivity index (χ0v) is 16.2. The van der Waals surface area contributed by atoms with Crippen LogP contribution >= 0.6 is 0 Å². The van der Waals surface area contributed by atoms with Crippen molar-refractivity contribution in [2.75, 3.05) is 6.61 Å². The monoisotopic (exact) mass is 387 g/mol. The Hall–Kier alpha value is -2.87. The van der Waals surface area contributed by atoms with Gasteiger partial charge in [-0.05, 0) is 57.2 Å². The van der Waals surface area contributed by atoms with E-state index in [1.54, 1.807) is 16.7 Å². The lowest BCUT2D eigenvalue weighted by molar-refractivity contribution is 0.340. The number of hydrogen-bond donors (Lipinski definition) is 1. The van der Waals surface area contributed by atoms with Gasteiger partial charge >= 0.3 is 0 Å². The highest BCUT2D eigenvalue weighted by atomic mass is 32.2. The number of hydrogen-bond acceptors (Lipinski definition) is 5. The molecule has 3 aromatic rings. The molecule has 7 nitrogen and oxygen atoms in total. The molecule has 0 aliphatic carbocycles. The van der Waals surface area contributed by atoms with Gasteiger partial charge in [-0.25, -0.2) is 0 Å². The van der Waals surface area contributed by atoms with Crippen LogP contribution in [0.15, 0.2) is 57.0 Å². The summed E-state index contributed by atoms with van der Waals surface area (Å²) in [7, 11) is -4.00. The standard InChI is InChI=1S/C19H21N3O4S/c1-4-22-17-11-6-13(3)12-16(17)18(19(22)23)20-21-27(24,25)15-9-7-14(8-10-15)26-5-2/h6-12,23H,4-5H2,1-3H3. The highest BCUT2D eigenvalue weighted by molar-refractivity contribution is 7.90. The normalized spacial score (nSPS) is 12.1. The topological polar surface area (TPSA) is 93.2 Å². The van der Waals surface area contributed by atoms with Gasteiger partial charge in [-0.3, -0.25) is 0 Å². The first-order chi connectivity index (χ1) is 12.9. The van der Waals surface area contributed by atoms with Gasteiger partial charge in [-0.1, -0.05) is 16.1 Å². The first-order valence-corrected chi connectivity index (χ1v) is 10.0. The van der Waals surface area contributed by atoms with E-state index >= 15 is 0 Å². The van der Waals surface area contributed by atoms with Gasteiger partial charge in [-0.2, -0.15) is 8.42 Å². The Kier molecular flexibility index (Phi) is 5.18. The summed E-state index contributed by atoms with van der Waals surface area (Å²) in [6, 6.07) is 11.6. The maximum atomic E-state index is 12.5. The van der Waals surface area contributed by atoms with Crippen LogP contribution in [0.3, 0.4) is 0 Å². The van der Waals surface area contributed by atoms with E-state index < -0.39 is 10.0 Å². The Morgan fingerprint density at radius 3 is 2.44 bits per heavy atom. The first-order valence-electron chi connectivity index (χ1n) is 8.60. The molecule has 0 bridgehead atoms. The van der Waals surface area contributed by atoms with Crippen molar-refractivity contribution >= 4 is 26.6 Å². The quantitative estimate of drug-likeness (QED) is 0.628. The Labute approximate surface area is 158 Å². The molecule has 1 aromatic heterocycles. The third kappa shape index (κ3) is 3.66. The van der Waals surface area contributed by atoms with Crippen molar-refractivity contribution in [3.05, 3.63) is 48.0 Å². The van der Waals surface area contributed by atoms with E-state index in [2.05, 4.69) is 9.63 Å². The molecule has 0 fully saturated rings. The lowest BCUT2D eigenvalue weighted by Gasteiger charge is -2.03. The van der Waals surface area contributed by atoms with Crippen LogP contribution in [-0.4, -0.2) is 24.7 Å². The van der Waals surface area contributed by atoms with E-state index in [1.807, 2.05) is 39.0 Å². The van der Waals surface area contributed by atoms with Crippen molar-refractivity contribution in [1.82, 2.24) is 4.57 Å². The van der Waals surface area contributed by atoms with Gasteiger partial charge in [0, 0.05) is 11.9 Å². The van der Waals surface area contributed by atoms with Crippen molar-refractivity contribution < 1.29 is 18.3 Å². The fourth-order valence-electron chi connectivity index (χ4n) is 2.87. The van der Waals surface area contributed by atoms with E-state index in [4.69, 9.17) is 4.74 Å². The second-order valence-electron chi connectivity index (χ2n) is 6.00. The van der Waals surface area contributed by atoms with Crippen molar-refractivity contribution in [2.24, 2.45) is 9.63 Å². The van der Waals surface area contributed by atoms with Gasteiger partial charge in [0.25, 0.3) is 10.0 Å². The van der Waals surface area contributed by atoms with Crippen LogP contribution in [0, 0.1) is 6.92 Å². The molecule has 0 spiro atoms. The van der Waals surface area contributed by atoms with Crippen LogP contribution < -0.4 is 4.74 Å². The lowest BCUT2D eigenvalue weighted by atomic mass is 10.1. The van der Waals surface area contributed by atoms with Gasteiger partial charge in [0.2, 0.25) is 5.88 Å². The van der Waals surface area contributed by atoms with Crippen LogP contribution in [0.5, 0.6) is 11.6 Å². The minimum atomic E-state index is -4.00. The fourth-order valence-corrected chi connectivity index (χ4v) is 3.64. The second kappa shape index (κ2) is 7.40. The zero-order chi connectivity index (χ0) is 19.6. The van der Waals surface area contributed by atoms with Crippen molar-refractivity contribution in [3.63, 3.8) is 0 Å². The number of sulfonamides is 1. The average molecular weight is 387 g/mol. The maximum Gasteiger partial charge on any atom is 0.299 e. The summed E-state index contributed by atoms with van der Waals surface area (Å²) in [6.07, 6.45) is 0. The highest BCUT2D eigenvalue weighted by Crippen LogP contribution is 2.39. The SMILES string of the molecule is CCOc1ccc(S(=O)(=O)N=Nc2c(O)n(CC)c3ccc(C)cc23)cc1. The van der Waals surface area contributed by atoms with Gasteiger partial charge in [-0.15, -0.1) is 5.11 Å². The summed E-state index contributed by atoms with van der Waals surface area (Å²) < 4.78 is 35.5. The second-order valence-corrected chi connectivity index (χ2v) is 7.58. The number of nitrogens with zero attached hydrogens (tertiary/aromatic N) is 3. The molecule has 0 aliphatic rings. The van der Waals surface area contributed by atoms with Crippen molar-refractivity contribution in [1.29, 1.82) is 0 Å². The molecular weight excluding hydrogens is 366 g/mol. The molecular formula is C19H21N3O4S. The fraction of sp³-hybridized carbons (Fsp3) is 0.263. The summed E-state index contributed by atoms with van der Waals surface area (Å²) in [5, 5.41) is 15.0. The minimum Gasteiger partial charge on any atom is -0.494 e. The average Bonchev–Trinajstić information content (AvgIpc) is 2.91. The van der Waals surface area contributed by atoms with Crippen molar-refractivity contribution in [2.45, 2.75) is 32.2 Å². The van der Waals surface area contributed by atoms with Gasteiger partial charge in [0.1, 0.15) is 5.75 Å². The predicted molar refractivity (Wildman–Crippen MR) is 103 cm³/mol. The number of ether oxygens (including phenoxy) is 1. The molecule has 0 saturated heterocycles. The van der Waals surface area contributed by atoms with Crippen molar-refractivity contribution in [3.8, 4) is 11.6 Å². The molecule has 1 N–H and O–H groups in total. The van der Waals surface area contributed by atoms with Gasteiger partial charge in [0.05, 0.1) is 17.0 Å². The molecule has 1 heterocycles. The molecule has 3 rings (SSSR count). The Balaban J connectivity index is 2.02. The molecule has 2 aromatic carbocycles. The smallest absolute Gasteiger partial charge is 0.299 e. The summed E-state index contributed by atoms with van der Waals surface area (Å²) in [4.78, 5) is 0.00426. The molecule has 8 heteroatoms. The van der Waals surface area contributed by atoms with Gasteiger partial charge < -0.3 is 14.4 Å². The number of aryl methyl sites for hydroxylation is 2. The number of benzene rings is 2. The summed E-state index contributed by atoms with van der Waals surface area (Å²) in [5.41, 5.74) is 1.89. The molecule has 0 radical (unpaired) electrons. The van der Waals surface area contributed by atoms with Crippen LogP contribution in [-0.2, 0) is 16.6 Å². The number of fused-ring (bicyclic) bond motifs is 1. The molecule has 27 heavy (non-hydrogen) atoms. The molecule has 0 amide bonds. The molecule has 0 atom stereocenters. The van der Waals surface area contributed by atoms with E-state index in [0.29, 0.717) is 24.3 Å². The minimum absolute atomic E-state index is 0.00426. The molecule has 142 valence electrons. The first kappa shape index (κ1) is 18.9. The molecule has 0 aliphatic heterocycles.